The molecule has 21 heavy (non-hydrogen) atoms. The van der Waals surface area contributed by atoms with Crippen molar-refractivity contribution in [2.75, 3.05) is 19.6 Å². The second-order valence-electron chi connectivity index (χ2n) is 4.54. The first kappa shape index (κ1) is 18.1. The lowest BCUT2D eigenvalue weighted by Gasteiger charge is -2.32. The number of hydrogen-bond donors (Lipinski definition) is 1. The Kier molecular flexibility index (Phi) is 5.94. The third kappa shape index (κ3) is 3.64. The summed E-state index contributed by atoms with van der Waals surface area (Å²) in [6.45, 7) is 3.04. The van der Waals surface area contributed by atoms with Crippen molar-refractivity contribution < 1.29 is 13.3 Å². The van der Waals surface area contributed by atoms with Crippen LogP contribution in [0.3, 0.4) is 0 Å². The van der Waals surface area contributed by atoms with E-state index in [2.05, 4.69) is 5.32 Å². The first-order valence-electron chi connectivity index (χ1n) is 6.00. The summed E-state index contributed by atoms with van der Waals surface area (Å²) in [7, 11) is -3.94. The SMILES string of the molecule is CC1CNCCN1S(=O)(=O)c1cc(Cl)ccc1[N+](=O)[O-].Cl. The third-order valence-electron chi connectivity index (χ3n) is 3.15. The van der Waals surface area contributed by atoms with Crippen LogP contribution in [0.5, 0.6) is 0 Å². The van der Waals surface area contributed by atoms with E-state index in [0.29, 0.717) is 13.1 Å². The molecule has 0 aliphatic carbocycles. The third-order valence-corrected chi connectivity index (χ3v) is 5.42. The number of rotatable bonds is 3. The highest BCUT2D eigenvalue weighted by Gasteiger charge is 2.35. The van der Waals surface area contributed by atoms with Crippen molar-refractivity contribution in [2.24, 2.45) is 0 Å². The van der Waals surface area contributed by atoms with E-state index in [1.54, 1.807) is 6.92 Å². The number of nitrogens with zero attached hydrogens (tertiary/aromatic N) is 2. The highest BCUT2D eigenvalue weighted by Crippen LogP contribution is 2.30. The quantitative estimate of drug-likeness (QED) is 0.657. The van der Waals surface area contributed by atoms with Gasteiger partial charge in [-0.1, -0.05) is 11.6 Å². The van der Waals surface area contributed by atoms with Crippen molar-refractivity contribution in [1.29, 1.82) is 0 Å². The van der Waals surface area contributed by atoms with Gasteiger partial charge in [-0.3, -0.25) is 10.1 Å². The van der Waals surface area contributed by atoms with E-state index in [1.807, 2.05) is 0 Å². The molecule has 1 aliphatic heterocycles. The summed E-state index contributed by atoms with van der Waals surface area (Å²) >= 11 is 5.78. The maximum atomic E-state index is 12.6. The van der Waals surface area contributed by atoms with Gasteiger partial charge in [-0.05, 0) is 19.1 Å². The van der Waals surface area contributed by atoms with Crippen LogP contribution >= 0.6 is 24.0 Å². The molecule has 1 atom stereocenters. The average Bonchev–Trinajstić information content (AvgIpc) is 2.38. The smallest absolute Gasteiger partial charge is 0.289 e. The molecule has 1 aromatic rings. The molecule has 1 unspecified atom stereocenters. The van der Waals surface area contributed by atoms with E-state index in [0.717, 1.165) is 12.1 Å². The van der Waals surface area contributed by atoms with Crippen molar-refractivity contribution in [1.82, 2.24) is 9.62 Å². The molecule has 118 valence electrons. The van der Waals surface area contributed by atoms with Gasteiger partial charge in [0.1, 0.15) is 0 Å². The number of benzene rings is 1. The van der Waals surface area contributed by atoms with Gasteiger partial charge in [0.25, 0.3) is 5.69 Å². The van der Waals surface area contributed by atoms with Gasteiger partial charge in [-0.15, -0.1) is 12.4 Å². The molecule has 0 bridgehead atoms. The predicted octanol–water partition coefficient (Wildman–Crippen LogP) is 1.65. The van der Waals surface area contributed by atoms with Crippen LogP contribution in [0, 0.1) is 10.1 Å². The van der Waals surface area contributed by atoms with Crippen LogP contribution in [0.1, 0.15) is 6.92 Å². The summed E-state index contributed by atoms with van der Waals surface area (Å²) in [5.41, 5.74) is -0.458. The molecule has 0 spiro atoms. The van der Waals surface area contributed by atoms with Crippen molar-refractivity contribution >= 4 is 39.7 Å². The van der Waals surface area contributed by atoms with Crippen molar-refractivity contribution in [3.05, 3.63) is 33.3 Å². The number of sulfonamides is 1. The number of nitro benzene ring substituents is 1. The number of nitrogens with one attached hydrogen (secondary N) is 1. The highest BCUT2D eigenvalue weighted by molar-refractivity contribution is 7.89. The lowest BCUT2D eigenvalue weighted by molar-refractivity contribution is -0.387. The largest absolute Gasteiger partial charge is 0.314 e. The van der Waals surface area contributed by atoms with Crippen molar-refractivity contribution in [3.63, 3.8) is 0 Å². The summed E-state index contributed by atoms with van der Waals surface area (Å²) < 4.78 is 26.5. The van der Waals surface area contributed by atoms with Crippen LogP contribution in [0.4, 0.5) is 5.69 Å². The maximum absolute atomic E-state index is 12.6. The van der Waals surface area contributed by atoms with Gasteiger partial charge in [0.2, 0.25) is 10.0 Å². The zero-order valence-corrected chi connectivity index (χ0v) is 13.5. The Morgan fingerprint density at radius 1 is 1.48 bits per heavy atom. The Bertz CT molecular complexity index is 638. The van der Waals surface area contributed by atoms with E-state index in [4.69, 9.17) is 11.6 Å². The van der Waals surface area contributed by atoms with Crippen LogP contribution in [0.25, 0.3) is 0 Å². The van der Waals surface area contributed by atoms with Gasteiger partial charge in [-0.2, -0.15) is 4.31 Å². The monoisotopic (exact) mass is 355 g/mol. The lowest BCUT2D eigenvalue weighted by Crippen LogP contribution is -2.52. The Labute approximate surface area is 133 Å². The van der Waals surface area contributed by atoms with E-state index >= 15 is 0 Å². The zero-order valence-electron chi connectivity index (χ0n) is 11.2. The maximum Gasteiger partial charge on any atom is 0.289 e. The molecule has 1 aliphatic rings. The second kappa shape index (κ2) is 6.89. The van der Waals surface area contributed by atoms with Gasteiger partial charge in [0, 0.05) is 36.8 Å². The second-order valence-corrected chi connectivity index (χ2v) is 6.83. The van der Waals surface area contributed by atoms with E-state index in [9.17, 15) is 18.5 Å². The van der Waals surface area contributed by atoms with Crippen molar-refractivity contribution in [3.8, 4) is 0 Å². The average molecular weight is 356 g/mol. The minimum absolute atomic E-state index is 0. The van der Waals surface area contributed by atoms with Crippen molar-refractivity contribution in [2.45, 2.75) is 17.9 Å². The number of nitro groups is 1. The summed E-state index contributed by atoms with van der Waals surface area (Å²) in [6.07, 6.45) is 0. The minimum Gasteiger partial charge on any atom is -0.314 e. The summed E-state index contributed by atoms with van der Waals surface area (Å²) in [4.78, 5) is 9.94. The molecule has 1 heterocycles. The number of piperazine rings is 1. The first-order valence-corrected chi connectivity index (χ1v) is 7.82. The molecule has 2 rings (SSSR count). The fourth-order valence-corrected chi connectivity index (χ4v) is 4.20. The molecule has 1 fully saturated rings. The molecule has 0 saturated carbocycles. The van der Waals surface area contributed by atoms with Crippen LogP contribution in [-0.4, -0.2) is 43.3 Å². The highest BCUT2D eigenvalue weighted by atomic mass is 35.5. The van der Waals surface area contributed by atoms with Gasteiger partial charge in [-0.25, -0.2) is 8.42 Å². The molecule has 1 aromatic carbocycles. The van der Waals surface area contributed by atoms with Crippen LogP contribution in [-0.2, 0) is 10.0 Å². The summed E-state index contributed by atoms with van der Waals surface area (Å²) in [5, 5.41) is 14.2. The molecule has 0 aromatic heterocycles. The van der Waals surface area contributed by atoms with E-state index in [1.165, 1.54) is 10.4 Å². The Balaban J connectivity index is 0.00000220. The van der Waals surface area contributed by atoms with Crippen LogP contribution in [0.15, 0.2) is 23.1 Å². The molecule has 7 nitrogen and oxygen atoms in total. The van der Waals surface area contributed by atoms with E-state index < -0.39 is 20.6 Å². The Morgan fingerprint density at radius 3 is 2.71 bits per heavy atom. The standard InChI is InChI=1S/C11H14ClN3O4S.ClH/c1-8-7-13-4-5-14(8)20(18,19)11-6-9(12)2-3-10(11)15(16)17;/h2-3,6,8,13H,4-5,7H2,1H3;1H. The molecular formula is C11H15Cl2N3O4S. The normalized spacial score (nSPS) is 19.8. The fourth-order valence-electron chi connectivity index (χ4n) is 2.15. The Hall–Kier alpha value is -0.930. The first-order chi connectivity index (χ1) is 9.34. The molecule has 0 amide bonds. The topological polar surface area (TPSA) is 92.6 Å². The van der Waals surface area contributed by atoms with E-state index in [-0.39, 0.29) is 34.9 Å². The van der Waals surface area contributed by atoms with Gasteiger partial charge >= 0.3 is 0 Å². The van der Waals surface area contributed by atoms with Gasteiger partial charge in [0.05, 0.1) is 4.92 Å². The predicted molar refractivity (Wildman–Crippen MR) is 81.6 cm³/mol. The van der Waals surface area contributed by atoms with Gasteiger partial charge < -0.3 is 5.32 Å². The molecule has 10 heteroatoms. The number of halogens is 2. The summed E-state index contributed by atoms with van der Waals surface area (Å²) in [5.74, 6) is 0. The molecule has 0 radical (unpaired) electrons. The minimum atomic E-state index is -3.94. The number of hydrogen-bond acceptors (Lipinski definition) is 5. The van der Waals surface area contributed by atoms with Crippen LogP contribution in [0.2, 0.25) is 5.02 Å². The molecule has 1 N–H and O–H groups in total. The Morgan fingerprint density at radius 2 is 2.14 bits per heavy atom. The van der Waals surface area contributed by atoms with Gasteiger partial charge in [0.15, 0.2) is 4.90 Å². The summed E-state index contributed by atoms with van der Waals surface area (Å²) in [6, 6.07) is 3.28. The zero-order chi connectivity index (χ0) is 14.9. The van der Waals surface area contributed by atoms with Crippen LogP contribution < -0.4 is 5.32 Å². The molecule has 1 saturated heterocycles. The fraction of sp³-hybridized carbons (Fsp3) is 0.455. The molecular weight excluding hydrogens is 341 g/mol. The lowest BCUT2D eigenvalue weighted by atomic mass is 10.3.